The molecule has 1 atom stereocenters. The molecular formula is C14H21N5OS. The fraction of sp³-hybridized carbons (Fsp3) is 0.429. The smallest absolute Gasteiger partial charge is 0.148 e. The summed E-state index contributed by atoms with van der Waals surface area (Å²) >= 11 is 1.57. The third-order valence-electron chi connectivity index (χ3n) is 3.21. The molecule has 6 nitrogen and oxygen atoms in total. The maximum Gasteiger partial charge on any atom is 0.148 e. The Hall–Kier alpha value is -1.70. The van der Waals surface area contributed by atoms with Gasteiger partial charge in [0.05, 0.1) is 6.10 Å². The summed E-state index contributed by atoms with van der Waals surface area (Å²) in [6.07, 6.45) is -0.567. The van der Waals surface area contributed by atoms with E-state index in [1.54, 1.807) is 11.3 Å². The van der Waals surface area contributed by atoms with Crippen molar-refractivity contribution in [3.63, 3.8) is 0 Å². The first-order valence-electron chi connectivity index (χ1n) is 6.82. The average molecular weight is 307 g/mol. The molecule has 0 radical (unpaired) electrons. The summed E-state index contributed by atoms with van der Waals surface area (Å²) in [6, 6.07) is 1.91. The molecular weight excluding hydrogens is 286 g/mol. The number of nitrogens with zero attached hydrogens (tertiary/aromatic N) is 2. The molecule has 114 valence electrons. The molecule has 7 heteroatoms. The molecule has 5 N–H and O–H groups in total. The number of aliphatic hydroxyl groups excluding tert-OH is 1. The predicted octanol–water partition coefficient (Wildman–Crippen LogP) is 2.40. The van der Waals surface area contributed by atoms with Gasteiger partial charge >= 0.3 is 0 Å². The fourth-order valence-electron chi connectivity index (χ4n) is 1.88. The summed E-state index contributed by atoms with van der Waals surface area (Å²) in [6.45, 7) is 6.32. The van der Waals surface area contributed by atoms with Gasteiger partial charge in [0.25, 0.3) is 0 Å². The van der Waals surface area contributed by atoms with Crippen molar-refractivity contribution < 1.29 is 5.11 Å². The van der Waals surface area contributed by atoms with Gasteiger partial charge in [-0.15, -0.1) is 0 Å². The topological polar surface area (TPSA) is 96.1 Å². The van der Waals surface area contributed by atoms with Crippen molar-refractivity contribution in [2.75, 3.05) is 17.3 Å². The lowest BCUT2D eigenvalue weighted by Gasteiger charge is -2.16. The number of nitrogen functional groups attached to an aromatic ring is 1. The monoisotopic (exact) mass is 307 g/mol. The number of hydrazine groups is 1. The van der Waals surface area contributed by atoms with Crippen LogP contribution < -0.4 is 16.6 Å². The van der Waals surface area contributed by atoms with Crippen LogP contribution in [-0.2, 0) is 0 Å². The van der Waals surface area contributed by atoms with Gasteiger partial charge in [-0.05, 0) is 29.3 Å². The second-order valence-electron chi connectivity index (χ2n) is 5.16. The maximum absolute atomic E-state index is 10.1. The normalized spacial score (nSPS) is 12.5. The first-order chi connectivity index (χ1) is 10.0. The van der Waals surface area contributed by atoms with Crippen molar-refractivity contribution in [3.05, 3.63) is 33.8 Å². The number of hydrogen-bond donors (Lipinski definition) is 4. The van der Waals surface area contributed by atoms with Gasteiger partial charge in [0.2, 0.25) is 0 Å². The van der Waals surface area contributed by atoms with Crippen LogP contribution in [0.15, 0.2) is 16.8 Å². The lowest BCUT2D eigenvalue weighted by molar-refractivity contribution is 0.192. The number of hydrogen-bond acceptors (Lipinski definition) is 7. The van der Waals surface area contributed by atoms with Gasteiger partial charge in [0.1, 0.15) is 17.5 Å². The van der Waals surface area contributed by atoms with Gasteiger partial charge < -0.3 is 15.8 Å². The third kappa shape index (κ3) is 3.69. The molecule has 2 heterocycles. The van der Waals surface area contributed by atoms with Crippen LogP contribution in [-0.4, -0.2) is 21.6 Å². The Morgan fingerprint density at radius 1 is 1.33 bits per heavy atom. The highest BCUT2D eigenvalue weighted by molar-refractivity contribution is 7.07. The zero-order chi connectivity index (χ0) is 15.4. The Morgan fingerprint density at radius 2 is 2.05 bits per heavy atom. The Labute approximate surface area is 128 Å². The quantitative estimate of drug-likeness (QED) is 0.483. The molecule has 1 unspecified atom stereocenters. The lowest BCUT2D eigenvalue weighted by atomic mass is 10.2. The SMILES string of the molecule is Cc1c(NN)nc(C(C)C)nc1NCC(O)c1ccsc1. The van der Waals surface area contributed by atoms with E-state index in [1.807, 2.05) is 37.6 Å². The van der Waals surface area contributed by atoms with Crippen LogP contribution in [0, 0.1) is 6.92 Å². The second-order valence-corrected chi connectivity index (χ2v) is 5.94. The molecule has 21 heavy (non-hydrogen) atoms. The van der Waals surface area contributed by atoms with Crippen molar-refractivity contribution >= 4 is 23.0 Å². The zero-order valence-corrected chi connectivity index (χ0v) is 13.2. The van der Waals surface area contributed by atoms with E-state index in [2.05, 4.69) is 20.7 Å². The molecule has 0 fully saturated rings. The number of nitrogens with one attached hydrogen (secondary N) is 2. The molecule has 0 saturated heterocycles. The maximum atomic E-state index is 10.1. The van der Waals surface area contributed by atoms with Gasteiger partial charge in [-0.2, -0.15) is 11.3 Å². The standard InChI is InChI=1S/C14H21N5OS/c1-8(2)12-17-13(9(3)14(18-12)19-15)16-6-11(20)10-4-5-21-7-10/h4-5,7-8,11,20H,6,15H2,1-3H3,(H2,16,17,18,19). The number of rotatable bonds is 6. The number of aliphatic hydroxyl groups is 1. The molecule has 0 saturated carbocycles. The van der Waals surface area contributed by atoms with Crippen molar-refractivity contribution in [2.24, 2.45) is 5.84 Å². The molecule has 2 rings (SSSR count). The minimum atomic E-state index is -0.567. The molecule has 0 aromatic carbocycles. The van der Waals surface area contributed by atoms with Crippen LogP contribution in [0.1, 0.15) is 42.8 Å². The summed E-state index contributed by atoms with van der Waals surface area (Å²) in [7, 11) is 0. The summed E-state index contributed by atoms with van der Waals surface area (Å²) in [5, 5.41) is 17.2. The number of thiophene rings is 1. The van der Waals surface area contributed by atoms with Crippen LogP contribution >= 0.6 is 11.3 Å². The van der Waals surface area contributed by atoms with E-state index in [0.29, 0.717) is 24.0 Å². The Balaban J connectivity index is 2.17. The Bertz CT molecular complexity index is 585. The summed E-state index contributed by atoms with van der Waals surface area (Å²) in [4.78, 5) is 8.89. The van der Waals surface area contributed by atoms with Crippen LogP contribution in [0.25, 0.3) is 0 Å². The molecule has 0 aliphatic rings. The first-order valence-corrected chi connectivity index (χ1v) is 7.76. The van der Waals surface area contributed by atoms with Crippen LogP contribution in [0.3, 0.4) is 0 Å². The fourth-order valence-corrected chi connectivity index (χ4v) is 2.59. The summed E-state index contributed by atoms with van der Waals surface area (Å²) in [5.41, 5.74) is 4.33. The minimum absolute atomic E-state index is 0.194. The molecule has 0 amide bonds. The van der Waals surface area contributed by atoms with Crippen LogP contribution in [0.4, 0.5) is 11.6 Å². The molecule has 0 spiro atoms. The zero-order valence-electron chi connectivity index (χ0n) is 12.4. The van der Waals surface area contributed by atoms with Crippen molar-refractivity contribution in [2.45, 2.75) is 32.8 Å². The van der Waals surface area contributed by atoms with E-state index in [0.717, 1.165) is 11.1 Å². The van der Waals surface area contributed by atoms with E-state index >= 15 is 0 Å². The second kappa shape index (κ2) is 6.84. The highest BCUT2D eigenvalue weighted by Crippen LogP contribution is 2.23. The van der Waals surface area contributed by atoms with Gasteiger partial charge in [-0.25, -0.2) is 15.8 Å². The summed E-state index contributed by atoms with van der Waals surface area (Å²) < 4.78 is 0. The lowest BCUT2D eigenvalue weighted by Crippen LogP contribution is -2.18. The molecule has 2 aromatic rings. The van der Waals surface area contributed by atoms with Gasteiger partial charge in [0.15, 0.2) is 0 Å². The molecule has 0 bridgehead atoms. The minimum Gasteiger partial charge on any atom is -0.387 e. The highest BCUT2D eigenvalue weighted by atomic mass is 32.1. The predicted molar refractivity (Wildman–Crippen MR) is 86.4 cm³/mol. The van der Waals surface area contributed by atoms with Crippen molar-refractivity contribution in [3.8, 4) is 0 Å². The number of nitrogens with two attached hydrogens (primary N) is 1. The van der Waals surface area contributed by atoms with E-state index in [4.69, 9.17) is 5.84 Å². The number of aromatic nitrogens is 2. The Kier molecular flexibility index (Phi) is 5.11. The largest absolute Gasteiger partial charge is 0.387 e. The van der Waals surface area contributed by atoms with Gasteiger partial charge in [-0.3, -0.25) is 0 Å². The van der Waals surface area contributed by atoms with E-state index in [1.165, 1.54) is 0 Å². The van der Waals surface area contributed by atoms with Gasteiger partial charge in [0, 0.05) is 18.0 Å². The molecule has 2 aromatic heterocycles. The highest BCUT2D eigenvalue weighted by Gasteiger charge is 2.14. The van der Waals surface area contributed by atoms with Crippen molar-refractivity contribution in [1.29, 1.82) is 0 Å². The van der Waals surface area contributed by atoms with Crippen LogP contribution in [0.5, 0.6) is 0 Å². The van der Waals surface area contributed by atoms with E-state index < -0.39 is 6.10 Å². The number of anilines is 2. The van der Waals surface area contributed by atoms with E-state index in [-0.39, 0.29) is 5.92 Å². The van der Waals surface area contributed by atoms with Crippen molar-refractivity contribution in [1.82, 2.24) is 9.97 Å². The molecule has 0 aliphatic carbocycles. The summed E-state index contributed by atoms with van der Waals surface area (Å²) in [5.74, 6) is 7.70. The first kappa shape index (κ1) is 15.7. The molecule has 0 aliphatic heterocycles. The average Bonchev–Trinajstić information content (AvgIpc) is 2.99. The van der Waals surface area contributed by atoms with Gasteiger partial charge in [-0.1, -0.05) is 13.8 Å². The Morgan fingerprint density at radius 3 is 2.62 bits per heavy atom. The van der Waals surface area contributed by atoms with E-state index in [9.17, 15) is 5.11 Å². The third-order valence-corrected chi connectivity index (χ3v) is 3.91. The van der Waals surface area contributed by atoms with Crippen LogP contribution in [0.2, 0.25) is 0 Å².